The van der Waals surface area contributed by atoms with Gasteiger partial charge in [0.1, 0.15) is 0 Å². The van der Waals surface area contributed by atoms with Crippen LogP contribution >= 0.6 is 59.4 Å². The van der Waals surface area contributed by atoms with Crippen LogP contribution in [-0.4, -0.2) is 7.05 Å². The van der Waals surface area contributed by atoms with Crippen molar-refractivity contribution in [2.24, 2.45) is 0 Å². The Morgan fingerprint density at radius 1 is 1.00 bits per heavy atom. The molecule has 0 aliphatic rings. The van der Waals surface area contributed by atoms with E-state index in [1.54, 1.807) is 0 Å². The fourth-order valence-electron chi connectivity index (χ4n) is 1.98. The lowest BCUT2D eigenvalue weighted by Gasteiger charge is -2.19. The molecule has 0 aliphatic heterocycles. The first-order chi connectivity index (χ1) is 9.01. The maximum Gasteiger partial charge on any atom is 0.0586 e. The van der Waals surface area contributed by atoms with Gasteiger partial charge in [-0.25, -0.2) is 0 Å². The molecule has 2 aromatic carbocycles. The number of halogens is 4. The number of rotatable bonds is 3. The van der Waals surface area contributed by atoms with Gasteiger partial charge in [0.25, 0.3) is 0 Å². The maximum atomic E-state index is 6.13. The van der Waals surface area contributed by atoms with Gasteiger partial charge in [-0.05, 0) is 54.6 Å². The summed E-state index contributed by atoms with van der Waals surface area (Å²) in [5.74, 6) is 0. The minimum absolute atomic E-state index is 0.0712. The second kappa shape index (κ2) is 6.72. The van der Waals surface area contributed by atoms with Crippen LogP contribution in [0, 0.1) is 0 Å². The zero-order valence-corrected chi connectivity index (χ0v) is 15.6. The molecular formula is C14H11Br3ClN. The molecular weight excluding hydrogens is 457 g/mol. The first-order valence-electron chi connectivity index (χ1n) is 5.59. The van der Waals surface area contributed by atoms with E-state index in [1.807, 2.05) is 31.3 Å². The number of hydrogen-bond acceptors (Lipinski definition) is 1. The Labute approximate surface area is 143 Å². The predicted molar refractivity (Wildman–Crippen MR) is 91.9 cm³/mol. The SMILES string of the molecule is CNC(c1cc(Cl)cc(Br)c1)c1cc(Br)ccc1Br. The molecule has 0 aromatic heterocycles. The Morgan fingerprint density at radius 3 is 2.37 bits per heavy atom. The summed E-state index contributed by atoms with van der Waals surface area (Å²) >= 11 is 16.7. The average molecular weight is 468 g/mol. The normalized spacial score (nSPS) is 12.5. The molecule has 0 aliphatic carbocycles. The van der Waals surface area contributed by atoms with E-state index < -0.39 is 0 Å². The third-order valence-corrected chi connectivity index (χ3v) is 4.67. The minimum Gasteiger partial charge on any atom is -0.309 e. The van der Waals surface area contributed by atoms with Gasteiger partial charge in [0, 0.05) is 18.4 Å². The third kappa shape index (κ3) is 3.82. The molecule has 5 heteroatoms. The summed E-state index contributed by atoms with van der Waals surface area (Å²) in [6, 6.07) is 12.1. The van der Waals surface area contributed by atoms with Crippen molar-refractivity contribution in [3.63, 3.8) is 0 Å². The largest absolute Gasteiger partial charge is 0.309 e. The first-order valence-corrected chi connectivity index (χ1v) is 8.35. The highest BCUT2D eigenvalue weighted by molar-refractivity contribution is 9.11. The van der Waals surface area contributed by atoms with Gasteiger partial charge in [0.05, 0.1) is 6.04 Å². The van der Waals surface area contributed by atoms with Gasteiger partial charge in [-0.15, -0.1) is 0 Å². The Hall–Kier alpha value is 0.130. The van der Waals surface area contributed by atoms with Gasteiger partial charge in [0.2, 0.25) is 0 Å². The van der Waals surface area contributed by atoms with Gasteiger partial charge < -0.3 is 5.32 Å². The number of benzene rings is 2. The zero-order valence-electron chi connectivity index (χ0n) is 10.1. The fourth-order valence-corrected chi connectivity index (χ4v) is 3.72. The van der Waals surface area contributed by atoms with E-state index in [0.29, 0.717) is 0 Å². The second-order valence-electron chi connectivity index (χ2n) is 4.09. The molecule has 0 saturated heterocycles. The summed E-state index contributed by atoms with van der Waals surface area (Å²) in [5.41, 5.74) is 2.27. The lowest BCUT2D eigenvalue weighted by molar-refractivity contribution is 0.688. The van der Waals surface area contributed by atoms with Crippen LogP contribution in [0.2, 0.25) is 5.02 Å². The van der Waals surface area contributed by atoms with Crippen molar-refractivity contribution in [3.8, 4) is 0 Å². The summed E-state index contributed by atoms with van der Waals surface area (Å²) < 4.78 is 3.08. The topological polar surface area (TPSA) is 12.0 Å². The Balaban J connectivity index is 2.52. The van der Waals surface area contributed by atoms with Crippen molar-refractivity contribution in [2.75, 3.05) is 7.05 Å². The van der Waals surface area contributed by atoms with Crippen molar-refractivity contribution in [1.82, 2.24) is 5.32 Å². The van der Waals surface area contributed by atoms with Crippen LogP contribution < -0.4 is 5.32 Å². The standard InChI is InChI=1S/C14H11Br3ClN/c1-19-14(8-4-10(16)6-11(18)5-8)12-7-9(15)2-3-13(12)17/h2-7,14,19H,1H3. The molecule has 1 N–H and O–H groups in total. The molecule has 0 radical (unpaired) electrons. The van der Waals surface area contributed by atoms with E-state index in [0.717, 1.165) is 29.6 Å². The van der Waals surface area contributed by atoms with E-state index in [-0.39, 0.29) is 6.04 Å². The van der Waals surface area contributed by atoms with E-state index >= 15 is 0 Å². The molecule has 0 amide bonds. The number of hydrogen-bond donors (Lipinski definition) is 1. The molecule has 2 rings (SSSR count). The summed E-state index contributed by atoms with van der Waals surface area (Å²) in [7, 11) is 1.94. The van der Waals surface area contributed by atoms with E-state index in [2.05, 4.69) is 65.2 Å². The molecule has 1 atom stereocenters. The first kappa shape index (κ1) is 15.5. The highest BCUT2D eigenvalue weighted by Crippen LogP contribution is 2.33. The fraction of sp³-hybridized carbons (Fsp3) is 0.143. The van der Waals surface area contributed by atoms with Crippen molar-refractivity contribution in [3.05, 3.63) is 66.0 Å². The van der Waals surface area contributed by atoms with E-state index in [4.69, 9.17) is 11.6 Å². The lowest BCUT2D eigenvalue weighted by atomic mass is 9.99. The van der Waals surface area contributed by atoms with Gasteiger partial charge >= 0.3 is 0 Å². The Kier molecular flexibility index (Phi) is 5.49. The maximum absolute atomic E-state index is 6.13. The predicted octanol–water partition coefficient (Wildman–Crippen LogP) is 5.94. The molecule has 0 saturated carbocycles. The molecule has 19 heavy (non-hydrogen) atoms. The van der Waals surface area contributed by atoms with Crippen molar-refractivity contribution in [2.45, 2.75) is 6.04 Å². The van der Waals surface area contributed by atoms with Crippen LogP contribution in [-0.2, 0) is 0 Å². The molecule has 0 heterocycles. The number of nitrogens with one attached hydrogen (secondary N) is 1. The summed E-state index contributed by atoms with van der Waals surface area (Å²) in [6.07, 6.45) is 0. The van der Waals surface area contributed by atoms with Gasteiger partial charge in [-0.2, -0.15) is 0 Å². The zero-order chi connectivity index (χ0) is 14.0. The lowest BCUT2D eigenvalue weighted by Crippen LogP contribution is -2.18. The molecule has 1 nitrogen and oxygen atoms in total. The quantitative estimate of drug-likeness (QED) is 0.588. The monoisotopic (exact) mass is 465 g/mol. The van der Waals surface area contributed by atoms with Crippen LogP contribution in [0.25, 0.3) is 0 Å². The molecule has 100 valence electrons. The van der Waals surface area contributed by atoms with Gasteiger partial charge in [-0.3, -0.25) is 0 Å². The van der Waals surface area contributed by atoms with Gasteiger partial charge in [0.15, 0.2) is 0 Å². The third-order valence-electron chi connectivity index (χ3n) is 2.78. The molecule has 0 bridgehead atoms. The Morgan fingerprint density at radius 2 is 1.74 bits per heavy atom. The smallest absolute Gasteiger partial charge is 0.0586 e. The highest BCUT2D eigenvalue weighted by Gasteiger charge is 2.16. The van der Waals surface area contributed by atoms with Crippen LogP contribution in [0.1, 0.15) is 17.2 Å². The molecule has 0 spiro atoms. The Bertz CT molecular complexity index is 581. The van der Waals surface area contributed by atoms with Gasteiger partial charge in [-0.1, -0.05) is 59.4 Å². The average Bonchev–Trinajstić information content (AvgIpc) is 2.33. The summed E-state index contributed by atoms with van der Waals surface area (Å²) in [6.45, 7) is 0. The van der Waals surface area contributed by atoms with Crippen molar-refractivity contribution < 1.29 is 0 Å². The molecule has 1 unspecified atom stereocenters. The van der Waals surface area contributed by atoms with Crippen LogP contribution in [0.5, 0.6) is 0 Å². The summed E-state index contributed by atoms with van der Waals surface area (Å²) in [4.78, 5) is 0. The second-order valence-corrected chi connectivity index (χ2v) is 7.21. The minimum atomic E-state index is 0.0712. The van der Waals surface area contributed by atoms with Crippen molar-refractivity contribution in [1.29, 1.82) is 0 Å². The van der Waals surface area contributed by atoms with Crippen molar-refractivity contribution >= 4 is 59.4 Å². The van der Waals surface area contributed by atoms with Crippen LogP contribution in [0.15, 0.2) is 49.8 Å². The van der Waals surface area contributed by atoms with E-state index in [1.165, 1.54) is 0 Å². The molecule has 0 fully saturated rings. The summed E-state index contributed by atoms with van der Waals surface area (Å²) in [5, 5.41) is 4.05. The van der Waals surface area contributed by atoms with E-state index in [9.17, 15) is 0 Å². The van der Waals surface area contributed by atoms with Crippen LogP contribution in [0.3, 0.4) is 0 Å². The van der Waals surface area contributed by atoms with Crippen LogP contribution in [0.4, 0.5) is 0 Å². The highest BCUT2D eigenvalue weighted by atomic mass is 79.9. The molecule has 2 aromatic rings.